The Kier molecular flexibility index (Phi) is 6.57. The number of aromatic nitrogens is 2. The second-order valence-electron chi connectivity index (χ2n) is 7.70. The molecule has 0 saturated carbocycles. The second-order valence-corrected chi connectivity index (χ2v) is 7.70. The molecule has 0 amide bonds. The fourth-order valence-corrected chi connectivity index (χ4v) is 3.90. The smallest absolute Gasteiger partial charge is 0.381 e. The SMILES string of the molecule is Fc1c(NCC2CCOCC2)ncnc1N1CCOC[C@@H]1c1ccc(C(F)(F)F)cc1. The molecule has 168 valence electrons. The Labute approximate surface area is 177 Å². The largest absolute Gasteiger partial charge is 0.416 e. The van der Waals surface area contributed by atoms with Gasteiger partial charge in [-0.05, 0) is 36.5 Å². The predicted molar refractivity (Wildman–Crippen MR) is 106 cm³/mol. The van der Waals surface area contributed by atoms with Gasteiger partial charge in [-0.15, -0.1) is 0 Å². The maximum absolute atomic E-state index is 15.3. The summed E-state index contributed by atoms with van der Waals surface area (Å²) in [5.41, 5.74) is -0.130. The van der Waals surface area contributed by atoms with Gasteiger partial charge in [0, 0.05) is 26.3 Å². The third-order valence-corrected chi connectivity index (χ3v) is 5.69. The summed E-state index contributed by atoms with van der Waals surface area (Å²) in [6.07, 6.45) is -1.30. The standard InChI is InChI=1S/C21H24F4N4O2/c22-18-19(26-11-14-5-8-30-9-6-14)27-13-28-20(18)29-7-10-31-12-17(29)15-1-3-16(4-2-15)21(23,24)25/h1-4,13-14,17H,5-12H2,(H,26,27,28)/t17-/m1/s1. The van der Waals surface area contributed by atoms with E-state index in [0.717, 1.165) is 25.0 Å². The lowest BCUT2D eigenvalue weighted by molar-refractivity contribution is -0.137. The first-order chi connectivity index (χ1) is 14.9. The average Bonchev–Trinajstić information content (AvgIpc) is 2.79. The number of nitrogens with one attached hydrogen (secondary N) is 1. The minimum Gasteiger partial charge on any atom is -0.381 e. The van der Waals surface area contributed by atoms with Crippen LogP contribution < -0.4 is 10.2 Å². The minimum absolute atomic E-state index is 0.109. The molecule has 4 rings (SSSR count). The highest BCUT2D eigenvalue weighted by atomic mass is 19.4. The number of morpholine rings is 1. The number of halogens is 4. The zero-order chi connectivity index (χ0) is 21.8. The molecule has 1 N–H and O–H groups in total. The Bertz CT molecular complexity index is 873. The van der Waals surface area contributed by atoms with Crippen LogP contribution in [0.2, 0.25) is 0 Å². The van der Waals surface area contributed by atoms with Gasteiger partial charge in [-0.25, -0.2) is 9.97 Å². The van der Waals surface area contributed by atoms with Crippen molar-refractivity contribution in [1.82, 2.24) is 9.97 Å². The van der Waals surface area contributed by atoms with E-state index in [9.17, 15) is 13.2 Å². The van der Waals surface area contributed by atoms with Gasteiger partial charge in [-0.3, -0.25) is 0 Å². The van der Waals surface area contributed by atoms with Crippen LogP contribution in [0.25, 0.3) is 0 Å². The van der Waals surface area contributed by atoms with Crippen molar-refractivity contribution in [3.05, 3.63) is 47.5 Å². The van der Waals surface area contributed by atoms with Gasteiger partial charge < -0.3 is 19.7 Å². The van der Waals surface area contributed by atoms with Crippen molar-refractivity contribution in [2.24, 2.45) is 5.92 Å². The van der Waals surface area contributed by atoms with Crippen LogP contribution in [0.4, 0.5) is 29.2 Å². The van der Waals surface area contributed by atoms with Crippen LogP contribution in [-0.2, 0) is 15.7 Å². The molecule has 2 aromatic rings. The molecule has 2 fully saturated rings. The average molecular weight is 440 g/mol. The molecule has 0 aliphatic carbocycles. The van der Waals surface area contributed by atoms with Gasteiger partial charge in [0.1, 0.15) is 6.33 Å². The van der Waals surface area contributed by atoms with Gasteiger partial charge in [-0.2, -0.15) is 17.6 Å². The number of alkyl halides is 3. The lowest BCUT2D eigenvalue weighted by Gasteiger charge is -2.37. The molecule has 0 spiro atoms. The Morgan fingerprint density at radius 2 is 1.77 bits per heavy atom. The van der Waals surface area contributed by atoms with Crippen molar-refractivity contribution in [2.75, 3.05) is 49.7 Å². The number of rotatable bonds is 5. The normalized spacial score (nSPS) is 20.6. The quantitative estimate of drug-likeness (QED) is 0.708. The molecular weight excluding hydrogens is 416 g/mol. The highest BCUT2D eigenvalue weighted by Gasteiger charge is 2.32. The number of anilines is 2. The van der Waals surface area contributed by atoms with Crippen molar-refractivity contribution in [1.29, 1.82) is 0 Å². The van der Waals surface area contributed by atoms with Crippen LogP contribution in [0.15, 0.2) is 30.6 Å². The molecule has 6 nitrogen and oxygen atoms in total. The summed E-state index contributed by atoms with van der Waals surface area (Å²) in [5, 5.41) is 3.08. The lowest BCUT2D eigenvalue weighted by Crippen LogP contribution is -2.40. The fraction of sp³-hybridized carbons (Fsp3) is 0.524. The van der Waals surface area contributed by atoms with Gasteiger partial charge in [0.05, 0.1) is 24.8 Å². The summed E-state index contributed by atoms with van der Waals surface area (Å²) in [4.78, 5) is 9.90. The third kappa shape index (κ3) is 5.07. The first-order valence-electron chi connectivity index (χ1n) is 10.3. The zero-order valence-electron chi connectivity index (χ0n) is 16.9. The topological polar surface area (TPSA) is 59.5 Å². The molecule has 0 bridgehead atoms. The van der Waals surface area contributed by atoms with Crippen molar-refractivity contribution < 1.29 is 27.0 Å². The number of benzene rings is 1. The number of hydrogen-bond acceptors (Lipinski definition) is 6. The van der Waals surface area contributed by atoms with E-state index in [-0.39, 0.29) is 18.2 Å². The molecule has 2 aliphatic heterocycles. The van der Waals surface area contributed by atoms with E-state index in [4.69, 9.17) is 9.47 Å². The van der Waals surface area contributed by atoms with Crippen molar-refractivity contribution in [3.63, 3.8) is 0 Å². The zero-order valence-corrected chi connectivity index (χ0v) is 16.9. The molecule has 1 aromatic carbocycles. The maximum atomic E-state index is 15.3. The van der Waals surface area contributed by atoms with Crippen LogP contribution in [-0.4, -0.2) is 49.5 Å². The predicted octanol–water partition coefficient (Wildman–Crippen LogP) is 4.05. The van der Waals surface area contributed by atoms with Crippen LogP contribution in [0.3, 0.4) is 0 Å². The minimum atomic E-state index is -4.41. The third-order valence-electron chi connectivity index (χ3n) is 5.69. The van der Waals surface area contributed by atoms with E-state index >= 15 is 4.39 Å². The Hall–Kier alpha value is -2.46. The summed E-state index contributed by atoms with van der Waals surface area (Å²) in [6, 6.07) is 4.40. The highest BCUT2D eigenvalue weighted by molar-refractivity contribution is 5.53. The van der Waals surface area contributed by atoms with Gasteiger partial charge in [0.25, 0.3) is 0 Å². The second kappa shape index (κ2) is 9.35. The lowest BCUT2D eigenvalue weighted by atomic mass is 10.0. The molecule has 2 aliphatic rings. The highest BCUT2D eigenvalue weighted by Crippen LogP contribution is 2.34. The molecule has 1 atom stereocenters. The van der Waals surface area contributed by atoms with E-state index in [0.29, 0.717) is 44.4 Å². The van der Waals surface area contributed by atoms with E-state index in [2.05, 4.69) is 15.3 Å². The molecule has 2 saturated heterocycles. The molecular formula is C21H24F4N4O2. The van der Waals surface area contributed by atoms with Gasteiger partial charge in [0.15, 0.2) is 11.6 Å². The Morgan fingerprint density at radius 1 is 1.03 bits per heavy atom. The summed E-state index contributed by atoms with van der Waals surface area (Å²) < 4.78 is 64.8. The molecule has 0 unspecified atom stereocenters. The number of ether oxygens (including phenoxy) is 2. The fourth-order valence-electron chi connectivity index (χ4n) is 3.90. The van der Waals surface area contributed by atoms with E-state index in [1.807, 2.05) is 0 Å². The van der Waals surface area contributed by atoms with Crippen LogP contribution in [0.1, 0.15) is 30.0 Å². The summed E-state index contributed by atoms with van der Waals surface area (Å²) in [7, 11) is 0. The summed E-state index contributed by atoms with van der Waals surface area (Å²) in [5.74, 6) is 0.0371. The maximum Gasteiger partial charge on any atom is 0.416 e. The number of hydrogen-bond donors (Lipinski definition) is 1. The van der Waals surface area contributed by atoms with E-state index in [1.54, 1.807) is 4.90 Å². The molecule has 10 heteroatoms. The molecule has 1 aromatic heterocycles. The van der Waals surface area contributed by atoms with Crippen LogP contribution in [0, 0.1) is 11.7 Å². The van der Waals surface area contributed by atoms with E-state index < -0.39 is 23.6 Å². The molecule has 0 radical (unpaired) electrons. The summed E-state index contributed by atoms with van der Waals surface area (Å²) in [6.45, 7) is 2.94. The van der Waals surface area contributed by atoms with E-state index in [1.165, 1.54) is 18.5 Å². The van der Waals surface area contributed by atoms with Crippen molar-refractivity contribution in [2.45, 2.75) is 25.1 Å². The van der Waals surface area contributed by atoms with Crippen LogP contribution in [0.5, 0.6) is 0 Å². The molecule has 3 heterocycles. The monoisotopic (exact) mass is 440 g/mol. The van der Waals surface area contributed by atoms with Crippen LogP contribution >= 0.6 is 0 Å². The van der Waals surface area contributed by atoms with Gasteiger partial charge in [0.2, 0.25) is 5.82 Å². The summed E-state index contributed by atoms with van der Waals surface area (Å²) >= 11 is 0. The van der Waals surface area contributed by atoms with Crippen molar-refractivity contribution in [3.8, 4) is 0 Å². The van der Waals surface area contributed by atoms with Crippen molar-refractivity contribution >= 4 is 11.6 Å². The Morgan fingerprint density at radius 3 is 2.48 bits per heavy atom. The first-order valence-corrected chi connectivity index (χ1v) is 10.3. The molecule has 31 heavy (non-hydrogen) atoms. The number of nitrogens with zero attached hydrogens (tertiary/aromatic N) is 3. The Balaban J connectivity index is 1.53. The first kappa shape index (κ1) is 21.8. The van der Waals surface area contributed by atoms with Gasteiger partial charge in [-0.1, -0.05) is 12.1 Å². The van der Waals surface area contributed by atoms with Gasteiger partial charge >= 0.3 is 6.18 Å².